The average molecular weight is 497 g/mol. The van der Waals surface area contributed by atoms with Crippen LogP contribution >= 0.6 is 11.6 Å². The minimum absolute atomic E-state index is 0.236. The predicted molar refractivity (Wildman–Crippen MR) is 141 cm³/mol. The fraction of sp³-hybridized carbons (Fsp3) is 0.357. The molecule has 180 valence electrons. The standard InChI is InChI=1S/C28H33ClN2O2S/c29-26-16-18-28(19-17-26)34(32,33)31(27-14-3-1-4-15-27)23-25-13-6-5-11-24(25)12-7-10-22-30-20-8-2-9-21-30/h1,3-6,11,13-19H,2,7-10,12,20-23H2. The van der Waals surface area contributed by atoms with Crippen LogP contribution in [0.3, 0.4) is 0 Å². The maximum atomic E-state index is 13.7. The maximum absolute atomic E-state index is 13.7. The summed E-state index contributed by atoms with van der Waals surface area (Å²) in [5, 5.41) is 0.514. The minimum Gasteiger partial charge on any atom is -0.303 e. The quantitative estimate of drug-likeness (QED) is 0.299. The molecule has 4 rings (SSSR count). The first-order chi connectivity index (χ1) is 16.5. The fourth-order valence-corrected chi connectivity index (χ4v) is 6.16. The molecule has 1 aliphatic rings. The number of piperidine rings is 1. The highest BCUT2D eigenvalue weighted by molar-refractivity contribution is 7.92. The van der Waals surface area contributed by atoms with E-state index in [0.29, 0.717) is 10.7 Å². The van der Waals surface area contributed by atoms with Crippen LogP contribution in [0.15, 0.2) is 83.8 Å². The second-order valence-electron chi connectivity index (χ2n) is 8.93. The van der Waals surface area contributed by atoms with Gasteiger partial charge in [0.1, 0.15) is 0 Å². The lowest BCUT2D eigenvalue weighted by Crippen LogP contribution is -2.31. The summed E-state index contributed by atoms with van der Waals surface area (Å²) in [5.74, 6) is 0. The zero-order chi connectivity index (χ0) is 23.8. The van der Waals surface area contributed by atoms with Crippen molar-refractivity contribution < 1.29 is 8.42 Å². The molecular weight excluding hydrogens is 464 g/mol. The van der Waals surface area contributed by atoms with Crippen LogP contribution in [0.25, 0.3) is 0 Å². The third kappa shape index (κ3) is 6.41. The summed E-state index contributed by atoms with van der Waals surface area (Å²) >= 11 is 6.01. The molecule has 0 radical (unpaired) electrons. The Bertz CT molecular complexity index is 1140. The van der Waals surface area contributed by atoms with Crippen LogP contribution in [-0.4, -0.2) is 33.0 Å². The Labute approximate surface area is 209 Å². The van der Waals surface area contributed by atoms with Gasteiger partial charge in [-0.15, -0.1) is 0 Å². The molecule has 3 aromatic rings. The molecule has 0 bridgehead atoms. The topological polar surface area (TPSA) is 40.6 Å². The highest BCUT2D eigenvalue weighted by atomic mass is 35.5. The van der Waals surface area contributed by atoms with Gasteiger partial charge in [-0.2, -0.15) is 0 Å². The van der Waals surface area contributed by atoms with Gasteiger partial charge in [0.2, 0.25) is 0 Å². The van der Waals surface area contributed by atoms with E-state index in [1.54, 1.807) is 24.3 Å². The maximum Gasteiger partial charge on any atom is 0.264 e. The Morgan fingerprint density at radius 2 is 1.41 bits per heavy atom. The lowest BCUT2D eigenvalue weighted by atomic mass is 10.0. The molecule has 4 nitrogen and oxygen atoms in total. The molecule has 34 heavy (non-hydrogen) atoms. The van der Waals surface area contributed by atoms with Gasteiger partial charge in [-0.3, -0.25) is 4.31 Å². The van der Waals surface area contributed by atoms with Gasteiger partial charge in [0.25, 0.3) is 10.0 Å². The van der Waals surface area contributed by atoms with Gasteiger partial charge in [-0.1, -0.05) is 60.5 Å². The van der Waals surface area contributed by atoms with Crippen molar-refractivity contribution in [3.63, 3.8) is 0 Å². The van der Waals surface area contributed by atoms with Crippen molar-refractivity contribution in [2.45, 2.75) is 50.0 Å². The molecule has 0 aromatic heterocycles. The Kier molecular flexibility index (Phi) is 8.65. The number of benzene rings is 3. The largest absolute Gasteiger partial charge is 0.303 e. The Balaban J connectivity index is 1.52. The summed E-state index contributed by atoms with van der Waals surface area (Å²) in [6.07, 6.45) is 7.22. The second kappa shape index (κ2) is 11.9. The summed E-state index contributed by atoms with van der Waals surface area (Å²) in [7, 11) is -3.76. The molecule has 1 fully saturated rings. The summed E-state index contributed by atoms with van der Waals surface area (Å²) in [4.78, 5) is 2.81. The van der Waals surface area contributed by atoms with Gasteiger partial charge < -0.3 is 4.90 Å². The number of unbranched alkanes of at least 4 members (excludes halogenated alkanes) is 1. The van der Waals surface area contributed by atoms with E-state index in [1.165, 1.54) is 48.6 Å². The van der Waals surface area contributed by atoms with E-state index in [-0.39, 0.29) is 11.4 Å². The van der Waals surface area contributed by atoms with Gasteiger partial charge >= 0.3 is 0 Å². The Morgan fingerprint density at radius 1 is 0.765 bits per heavy atom. The van der Waals surface area contributed by atoms with Crippen LogP contribution in [0.5, 0.6) is 0 Å². The molecule has 0 spiro atoms. The van der Waals surface area contributed by atoms with Gasteiger partial charge in [0.15, 0.2) is 0 Å². The van der Waals surface area contributed by atoms with Crippen molar-refractivity contribution in [1.82, 2.24) is 4.90 Å². The average Bonchev–Trinajstić information content (AvgIpc) is 2.87. The molecule has 1 heterocycles. The number of hydrogen-bond donors (Lipinski definition) is 0. The molecule has 0 saturated carbocycles. The molecule has 1 saturated heterocycles. The monoisotopic (exact) mass is 496 g/mol. The van der Waals surface area contributed by atoms with Crippen molar-refractivity contribution in [2.24, 2.45) is 0 Å². The van der Waals surface area contributed by atoms with Gasteiger partial charge in [0, 0.05) is 5.02 Å². The van der Waals surface area contributed by atoms with Crippen molar-refractivity contribution >= 4 is 27.3 Å². The molecule has 0 atom stereocenters. The van der Waals surface area contributed by atoms with Crippen molar-refractivity contribution in [3.05, 3.63) is 95.0 Å². The van der Waals surface area contributed by atoms with Crippen LogP contribution in [0.2, 0.25) is 5.02 Å². The number of anilines is 1. The predicted octanol–water partition coefficient (Wildman–Crippen LogP) is 6.54. The Hall–Kier alpha value is -2.34. The first-order valence-corrected chi connectivity index (χ1v) is 14.0. The van der Waals surface area contributed by atoms with Crippen LogP contribution in [0.1, 0.15) is 43.2 Å². The number of aryl methyl sites for hydroxylation is 1. The number of nitrogens with zero attached hydrogens (tertiary/aromatic N) is 2. The van der Waals surface area contributed by atoms with E-state index < -0.39 is 10.0 Å². The van der Waals surface area contributed by atoms with E-state index in [4.69, 9.17) is 11.6 Å². The van der Waals surface area contributed by atoms with Crippen LogP contribution < -0.4 is 4.31 Å². The molecule has 0 N–H and O–H groups in total. The molecule has 0 amide bonds. The number of sulfonamides is 1. The van der Waals surface area contributed by atoms with Crippen LogP contribution in [0.4, 0.5) is 5.69 Å². The van der Waals surface area contributed by atoms with Crippen molar-refractivity contribution in [1.29, 1.82) is 0 Å². The number of likely N-dealkylation sites (tertiary alicyclic amines) is 1. The zero-order valence-corrected chi connectivity index (χ0v) is 21.1. The first-order valence-electron chi connectivity index (χ1n) is 12.2. The van der Waals surface area contributed by atoms with Crippen LogP contribution in [0, 0.1) is 0 Å². The number of hydrogen-bond acceptors (Lipinski definition) is 3. The van der Waals surface area contributed by atoms with E-state index in [9.17, 15) is 8.42 Å². The first kappa shape index (κ1) is 24.8. The SMILES string of the molecule is O=S(=O)(c1ccc(Cl)cc1)N(Cc1ccccc1CCCCN1CCCCC1)c1ccccc1. The van der Waals surface area contributed by atoms with Gasteiger partial charge in [0.05, 0.1) is 17.1 Å². The molecule has 6 heteroatoms. The molecule has 0 aliphatic carbocycles. The summed E-state index contributed by atoms with van der Waals surface area (Å²) in [6.45, 7) is 3.90. The van der Waals surface area contributed by atoms with Crippen molar-refractivity contribution in [2.75, 3.05) is 23.9 Å². The normalized spacial score (nSPS) is 14.7. The second-order valence-corrected chi connectivity index (χ2v) is 11.2. The van der Waals surface area contributed by atoms with Crippen LogP contribution in [-0.2, 0) is 23.0 Å². The molecular formula is C28H33ClN2O2S. The summed E-state index contributed by atoms with van der Waals surface area (Å²) < 4.78 is 28.8. The highest BCUT2D eigenvalue weighted by Crippen LogP contribution is 2.28. The van der Waals surface area contributed by atoms with Gasteiger partial charge in [-0.05, 0) is 99.3 Å². The lowest BCUT2D eigenvalue weighted by Gasteiger charge is -2.27. The molecule has 1 aliphatic heterocycles. The molecule has 3 aromatic carbocycles. The van der Waals surface area contributed by atoms with E-state index in [1.807, 2.05) is 48.5 Å². The third-order valence-electron chi connectivity index (χ3n) is 6.50. The van der Waals surface area contributed by atoms with Gasteiger partial charge in [-0.25, -0.2) is 8.42 Å². The smallest absolute Gasteiger partial charge is 0.264 e. The van der Waals surface area contributed by atoms with E-state index in [0.717, 1.165) is 24.9 Å². The van der Waals surface area contributed by atoms with E-state index in [2.05, 4.69) is 11.0 Å². The zero-order valence-electron chi connectivity index (χ0n) is 19.6. The minimum atomic E-state index is -3.76. The number of halogens is 1. The van der Waals surface area contributed by atoms with E-state index >= 15 is 0 Å². The fourth-order valence-electron chi connectivity index (χ4n) is 4.59. The number of rotatable bonds is 10. The molecule has 0 unspecified atom stereocenters. The summed E-state index contributed by atoms with van der Waals surface area (Å²) in [6, 6.07) is 23.9. The summed E-state index contributed by atoms with van der Waals surface area (Å²) in [5.41, 5.74) is 2.91. The number of para-hydroxylation sites is 1. The lowest BCUT2D eigenvalue weighted by molar-refractivity contribution is 0.225. The third-order valence-corrected chi connectivity index (χ3v) is 8.54. The highest BCUT2D eigenvalue weighted by Gasteiger charge is 2.26. The van der Waals surface area contributed by atoms with Crippen molar-refractivity contribution in [3.8, 4) is 0 Å². The Morgan fingerprint density at radius 3 is 2.12 bits per heavy atom.